The SMILES string of the molecule is Oc1ccc(NCc2ccc3c(c2)CCO3)cc1F. The smallest absolute Gasteiger partial charge is 0.166 e. The van der Waals surface area contributed by atoms with Gasteiger partial charge in [0, 0.05) is 24.7 Å². The number of halogens is 1. The van der Waals surface area contributed by atoms with Gasteiger partial charge in [-0.15, -0.1) is 0 Å². The number of hydrogen-bond donors (Lipinski definition) is 2. The number of ether oxygens (including phenoxy) is 1. The highest BCUT2D eigenvalue weighted by molar-refractivity contribution is 5.48. The van der Waals surface area contributed by atoms with Crippen molar-refractivity contribution in [3.63, 3.8) is 0 Å². The van der Waals surface area contributed by atoms with E-state index in [2.05, 4.69) is 11.4 Å². The van der Waals surface area contributed by atoms with Gasteiger partial charge in [-0.25, -0.2) is 4.39 Å². The summed E-state index contributed by atoms with van der Waals surface area (Å²) in [5.41, 5.74) is 2.99. The highest BCUT2D eigenvalue weighted by atomic mass is 19.1. The molecule has 2 aromatic carbocycles. The summed E-state index contributed by atoms with van der Waals surface area (Å²) in [6.07, 6.45) is 0.941. The fraction of sp³-hybridized carbons (Fsp3) is 0.200. The third kappa shape index (κ3) is 2.47. The van der Waals surface area contributed by atoms with Crippen molar-refractivity contribution in [3.8, 4) is 11.5 Å². The molecular weight excluding hydrogens is 245 g/mol. The lowest BCUT2D eigenvalue weighted by molar-refractivity contribution is 0.357. The highest BCUT2D eigenvalue weighted by Gasteiger charge is 2.11. The Morgan fingerprint density at radius 2 is 2.11 bits per heavy atom. The van der Waals surface area contributed by atoms with Crippen molar-refractivity contribution in [1.29, 1.82) is 0 Å². The third-order valence-electron chi connectivity index (χ3n) is 3.20. The minimum Gasteiger partial charge on any atom is -0.505 e. The Hall–Kier alpha value is -2.23. The van der Waals surface area contributed by atoms with Crippen LogP contribution in [-0.4, -0.2) is 11.7 Å². The quantitative estimate of drug-likeness (QED) is 0.832. The van der Waals surface area contributed by atoms with E-state index < -0.39 is 5.82 Å². The first kappa shape index (κ1) is 11.8. The van der Waals surface area contributed by atoms with Crippen LogP contribution in [0.4, 0.5) is 10.1 Å². The zero-order chi connectivity index (χ0) is 13.2. The number of aromatic hydroxyl groups is 1. The number of phenolic OH excluding ortho intramolecular Hbond substituents is 1. The van der Waals surface area contributed by atoms with Gasteiger partial charge in [0.15, 0.2) is 11.6 Å². The molecule has 3 nitrogen and oxygen atoms in total. The maximum Gasteiger partial charge on any atom is 0.166 e. The van der Waals surface area contributed by atoms with Crippen LogP contribution in [-0.2, 0) is 13.0 Å². The van der Waals surface area contributed by atoms with Crippen LogP contribution in [0.1, 0.15) is 11.1 Å². The van der Waals surface area contributed by atoms with E-state index in [1.165, 1.54) is 17.7 Å². The van der Waals surface area contributed by atoms with Crippen molar-refractivity contribution in [2.75, 3.05) is 11.9 Å². The lowest BCUT2D eigenvalue weighted by Crippen LogP contribution is -2.00. The molecule has 0 radical (unpaired) electrons. The second-order valence-electron chi connectivity index (χ2n) is 4.56. The molecule has 19 heavy (non-hydrogen) atoms. The van der Waals surface area contributed by atoms with E-state index >= 15 is 0 Å². The monoisotopic (exact) mass is 259 g/mol. The van der Waals surface area contributed by atoms with Gasteiger partial charge < -0.3 is 15.2 Å². The molecule has 3 rings (SSSR count). The first-order chi connectivity index (χ1) is 9.22. The average Bonchev–Trinajstić information content (AvgIpc) is 2.87. The molecule has 0 amide bonds. The molecule has 0 unspecified atom stereocenters. The summed E-state index contributed by atoms with van der Waals surface area (Å²) < 4.78 is 18.6. The molecule has 0 aliphatic carbocycles. The van der Waals surface area contributed by atoms with Crippen molar-refractivity contribution in [2.45, 2.75) is 13.0 Å². The van der Waals surface area contributed by atoms with Crippen LogP contribution in [0.2, 0.25) is 0 Å². The molecule has 0 spiro atoms. The van der Waals surface area contributed by atoms with Crippen molar-refractivity contribution in [1.82, 2.24) is 0 Å². The average molecular weight is 259 g/mol. The number of phenols is 1. The Balaban J connectivity index is 1.70. The van der Waals surface area contributed by atoms with Gasteiger partial charge in [-0.3, -0.25) is 0 Å². The number of nitrogens with one attached hydrogen (secondary N) is 1. The molecule has 0 aromatic heterocycles. The van der Waals surface area contributed by atoms with Crippen molar-refractivity contribution in [3.05, 3.63) is 53.3 Å². The van der Waals surface area contributed by atoms with Gasteiger partial charge in [-0.1, -0.05) is 12.1 Å². The van der Waals surface area contributed by atoms with E-state index in [9.17, 15) is 4.39 Å². The maximum absolute atomic E-state index is 13.2. The minimum absolute atomic E-state index is 0.333. The fourth-order valence-electron chi connectivity index (χ4n) is 2.17. The molecule has 0 bridgehead atoms. The Labute approximate surface area is 110 Å². The van der Waals surface area contributed by atoms with Crippen LogP contribution < -0.4 is 10.1 Å². The topological polar surface area (TPSA) is 41.5 Å². The van der Waals surface area contributed by atoms with Gasteiger partial charge in [-0.05, 0) is 29.3 Å². The summed E-state index contributed by atoms with van der Waals surface area (Å²) in [4.78, 5) is 0. The molecule has 0 atom stereocenters. The van der Waals surface area contributed by atoms with Crippen molar-refractivity contribution >= 4 is 5.69 Å². The summed E-state index contributed by atoms with van der Waals surface area (Å²) >= 11 is 0. The molecule has 98 valence electrons. The lowest BCUT2D eigenvalue weighted by atomic mass is 10.1. The zero-order valence-electron chi connectivity index (χ0n) is 10.3. The van der Waals surface area contributed by atoms with Crippen LogP contribution in [0, 0.1) is 5.82 Å². The summed E-state index contributed by atoms with van der Waals surface area (Å²) in [5, 5.41) is 12.2. The summed E-state index contributed by atoms with van der Waals surface area (Å²) in [6.45, 7) is 1.35. The molecule has 0 saturated heterocycles. The Morgan fingerprint density at radius 3 is 2.95 bits per heavy atom. The van der Waals surface area contributed by atoms with E-state index in [-0.39, 0.29) is 5.75 Å². The maximum atomic E-state index is 13.2. The summed E-state index contributed by atoms with van der Waals surface area (Å²) in [5.74, 6) is 0.00649. The van der Waals surface area contributed by atoms with Gasteiger partial charge >= 0.3 is 0 Å². The number of anilines is 1. The van der Waals surface area contributed by atoms with Gasteiger partial charge in [0.05, 0.1) is 6.61 Å². The molecular formula is C15H14FNO2. The van der Waals surface area contributed by atoms with Crippen LogP contribution in [0.15, 0.2) is 36.4 Å². The molecule has 0 saturated carbocycles. The Kier molecular flexibility index (Phi) is 2.99. The largest absolute Gasteiger partial charge is 0.505 e. The Morgan fingerprint density at radius 1 is 1.21 bits per heavy atom. The number of benzene rings is 2. The first-order valence-electron chi connectivity index (χ1n) is 6.19. The molecule has 1 heterocycles. The lowest BCUT2D eigenvalue weighted by Gasteiger charge is -2.08. The predicted molar refractivity (Wildman–Crippen MR) is 71.0 cm³/mol. The van der Waals surface area contributed by atoms with Crippen molar-refractivity contribution < 1.29 is 14.2 Å². The molecule has 2 aromatic rings. The second kappa shape index (κ2) is 4.80. The van der Waals surface area contributed by atoms with Gasteiger partial charge in [0.25, 0.3) is 0 Å². The van der Waals surface area contributed by atoms with Crippen LogP contribution in [0.3, 0.4) is 0 Å². The molecule has 1 aliphatic heterocycles. The van der Waals surface area contributed by atoms with E-state index in [1.54, 1.807) is 6.07 Å². The summed E-state index contributed by atoms with van der Waals surface area (Å²) in [6, 6.07) is 10.3. The molecule has 0 fully saturated rings. The standard InChI is InChI=1S/C15H14FNO2/c16-13-8-12(2-3-14(13)18)17-9-10-1-4-15-11(7-10)5-6-19-15/h1-4,7-8,17-18H,5-6,9H2. The summed E-state index contributed by atoms with van der Waals surface area (Å²) in [7, 11) is 0. The first-order valence-corrected chi connectivity index (χ1v) is 6.19. The third-order valence-corrected chi connectivity index (χ3v) is 3.20. The van der Waals surface area contributed by atoms with E-state index in [0.717, 1.165) is 24.3 Å². The van der Waals surface area contributed by atoms with Gasteiger partial charge in [0.1, 0.15) is 5.75 Å². The zero-order valence-corrected chi connectivity index (χ0v) is 10.3. The van der Waals surface area contributed by atoms with Gasteiger partial charge in [0.2, 0.25) is 0 Å². The van der Waals surface area contributed by atoms with Gasteiger partial charge in [-0.2, -0.15) is 0 Å². The molecule has 4 heteroatoms. The van der Waals surface area contributed by atoms with Crippen LogP contribution in [0.25, 0.3) is 0 Å². The second-order valence-corrected chi connectivity index (χ2v) is 4.56. The molecule has 1 aliphatic rings. The van der Waals surface area contributed by atoms with Crippen LogP contribution in [0.5, 0.6) is 11.5 Å². The normalized spacial score (nSPS) is 12.9. The van der Waals surface area contributed by atoms with E-state index in [4.69, 9.17) is 9.84 Å². The molecule has 2 N–H and O–H groups in total. The Bertz CT molecular complexity index is 613. The number of rotatable bonds is 3. The number of hydrogen-bond acceptors (Lipinski definition) is 3. The predicted octanol–water partition coefficient (Wildman–Crippen LogP) is 3.08. The number of fused-ring (bicyclic) bond motifs is 1. The highest BCUT2D eigenvalue weighted by Crippen LogP contribution is 2.26. The van der Waals surface area contributed by atoms with E-state index in [1.807, 2.05) is 12.1 Å². The van der Waals surface area contributed by atoms with E-state index in [0.29, 0.717) is 12.2 Å². The van der Waals surface area contributed by atoms with Crippen LogP contribution >= 0.6 is 0 Å². The fourth-order valence-corrected chi connectivity index (χ4v) is 2.17. The van der Waals surface area contributed by atoms with Crippen molar-refractivity contribution in [2.24, 2.45) is 0 Å². The minimum atomic E-state index is -0.618.